The molecule has 0 saturated carbocycles. The molecule has 16 nitrogen and oxygen atoms in total. The predicted octanol–water partition coefficient (Wildman–Crippen LogP) is -3.43. The van der Waals surface area contributed by atoms with Gasteiger partial charge in [0.05, 0.1) is 36.6 Å². The van der Waals surface area contributed by atoms with Gasteiger partial charge in [-0.15, -0.1) is 5.10 Å². The molecular weight excluding hydrogens is 552 g/mol. The Kier molecular flexibility index (Phi) is 15.0. The molecule has 0 aliphatic carbocycles. The number of aliphatic hydroxyl groups is 4. The van der Waals surface area contributed by atoms with Gasteiger partial charge in [-0.3, -0.25) is 14.4 Å². The van der Waals surface area contributed by atoms with Crippen molar-refractivity contribution in [2.45, 2.75) is 108 Å². The summed E-state index contributed by atoms with van der Waals surface area (Å²) in [6.45, 7) is 3.95. The maximum absolute atomic E-state index is 12.9. The SMILES string of the molecule is CC(C)[C@H](N)C(=O)C(=O)C(N)CCCCNC(=O)C(CCCCN)NCc1cn(C2O[C@@H](CO)[C@@H](O)[C@@H](O)[C@@H]2O)nn1. The van der Waals surface area contributed by atoms with Crippen LogP contribution in [0.1, 0.15) is 64.3 Å². The van der Waals surface area contributed by atoms with Gasteiger partial charge in [0.2, 0.25) is 17.5 Å². The van der Waals surface area contributed by atoms with E-state index >= 15 is 0 Å². The molecule has 1 aromatic rings. The minimum absolute atomic E-state index is 0.154. The topological polar surface area (TPSA) is 274 Å². The standard InChI is InChI=1S/C26H48N8O8/c1-14(2)19(29)22(38)20(36)16(28)7-4-6-10-30-25(41)17(8-3-5-9-27)31-11-15-12-34(33-32-15)26-24(40)23(39)21(37)18(13-35)42-26/h12,14,16-19,21,23-24,26,31,35,37,39-40H,3-11,13,27-29H2,1-2H3,(H,30,41)/t16?,17?,18-,19-,21+,23+,24-,26?/m0/s1. The highest BCUT2D eigenvalue weighted by molar-refractivity contribution is 6.40. The van der Waals surface area contributed by atoms with Gasteiger partial charge < -0.3 is 53.0 Å². The lowest BCUT2D eigenvalue weighted by Gasteiger charge is -2.39. The van der Waals surface area contributed by atoms with E-state index in [1.54, 1.807) is 13.8 Å². The number of rotatable bonds is 19. The maximum Gasteiger partial charge on any atom is 0.237 e. The number of nitrogens with two attached hydrogens (primary N) is 3. The van der Waals surface area contributed by atoms with Crippen LogP contribution in [0.4, 0.5) is 0 Å². The first-order valence-corrected chi connectivity index (χ1v) is 14.4. The van der Waals surface area contributed by atoms with E-state index < -0.39 is 66.9 Å². The number of amides is 1. The number of carbonyl (C=O) groups excluding carboxylic acids is 3. The van der Waals surface area contributed by atoms with E-state index in [9.17, 15) is 34.8 Å². The molecule has 1 aliphatic rings. The van der Waals surface area contributed by atoms with Crippen LogP contribution in [0.3, 0.4) is 0 Å². The van der Waals surface area contributed by atoms with Crippen LogP contribution < -0.4 is 27.8 Å². The Morgan fingerprint density at radius 3 is 2.36 bits per heavy atom. The molecule has 0 spiro atoms. The Bertz CT molecular complexity index is 993. The van der Waals surface area contributed by atoms with Gasteiger partial charge in [-0.2, -0.15) is 0 Å². The summed E-state index contributed by atoms with van der Waals surface area (Å²) in [5, 5.41) is 53.7. The molecule has 0 aromatic carbocycles. The molecule has 42 heavy (non-hydrogen) atoms. The number of aromatic nitrogens is 3. The highest BCUT2D eigenvalue weighted by Gasteiger charge is 2.44. The molecule has 0 radical (unpaired) electrons. The summed E-state index contributed by atoms with van der Waals surface area (Å²) in [6.07, 6.45) is -2.00. The molecule has 1 aliphatic heterocycles. The second-order valence-electron chi connectivity index (χ2n) is 11.0. The van der Waals surface area contributed by atoms with Crippen LogP contribution in [0.15, 0.2) is 6.20 Å². The van der Waals surface area contributed by atoms with Gasteiger partial charge in [-0.25, -0.2) is 4.68 Å². The number of ketones is 2. The average Bonchev–Trinajstić information content (AvgIpc) is 3.44. The lowest BCUT2D eigenvalue weighted by molar-refractivity contribution is -0.254. The van der Waals surface area contributed by atoms with Crippen LogP contribution in [-0.2, 0) is 25.7 Å². The van der Waals surface area contributed by atoms with Crippen molar-refractivity contribution >= 4 is 17.5 Å². The summed E-state index contributed by atoms with van der Waals surface area (Å²) in [7, 11) is 0. The highest BCUT2D eigenvalue weighted by atomic mass is 16.6. The summed E-state index contributed by atoms with van der Waals surface area (Å²) >= 11 is 0. The van der Waals surface area contributed by atoms with E-state index in [1.807, 2.05) is 0 Å². The molecular formula is C26H48N8O8. The first-order valence-electron chi connectivity index (χ1n) is 14.4. The number of nitrogens with one attached hydrogen (secondary N) is 2. The van der Waals surface area contributed by atoms with E-state index in [1.165, 1.54) is 10.9 Å². The van der Waals surface area contributed by atoms with Crippen LogP contribution in [0.25, 0.3) is 0 Å². The molecule has 1 saturated heterocycles. The zero-order chi connectivity index (χ0) is 31.4. The van der Waals surface area contributed by atoms with Crippen molar-refractivity contribution in [2.24, 2.45) is 23.1 Å². The van der Waals surface area contributed by atoms with E-state index in [0.717, 1.165) is 6.42 Å². The predicted molar refractivity (Wildman–Crippen MR) is 150 cm³/mol. The molecule has 1 fully saturated rings. The molecule has 2 rings (SSSR count). The Labute approximate surface area is 245 Å². The number of hydrogen-bond donors (Lipinski definition) is 9. The molecule has 8 atom stereocenters. The first-order chi connectivity index (χ1) is 19.9. The van der Waals surface area contributed by atoms with Gasteiger partial charge in [0.1, 0.15) is 24.4 Å². The number of ether oxygens (including phenoxy) is 1. The average molecular weight is 601 g/mol. The summed E-state index contributed by atoms with van der Waals surface area (Å²) in [5.41, 5.74) is 17.7. The smallest absolute Gasteiger partial charge is 0.237 e. The van der Waals surface area contributed by atoms with Gasteiger partial charge in [-0.1, -0.05) is 25.5 Å². The fourth-order valence-electron chi connectivity index (χ4n) is 4.47. The van der Waals surface area contributed by atoms with Crippen molar-refractivity contribution in [1.82, 2.24) is 25.6 Å². The fourth-order valence-corrected chi connectivity index (χ4v) is 4.47. The number of carbonyl (C=O) groups is 3. The highest BCUT2D eigenvalue weighted by Crippen LogP contribution is 2.27. The van der Waals surface area contributed by atoms with Crippen molar-refractivity contribution in [3.63, 3.8) is 0 Å². The molecule has 12 N–H and O–H groups in total. The van der Waals surface area contributed by atoms with Gasteiger partial charge in [0.25, 0.3) is 0 Å². The van der Waals surface area contributed by atoms with E-state index in [4.69, 9.17) is 21.9 Å². The Balaban J connectivity index is 1.86. The van der Waals surface area contributed by atoms with Gasteiger partial charge in [-0.05, 0) is 44.6 Å². The third kappa shape index (κ3) is 10.1. The molecule has 2 heterocycles. The summed E-state index contributed by atoms with van der Waals surface area (Å²) < 4.78 is 6.67. The third-order valence-electron chi connectivity index (χ3n) is 7.32. The van der Waals surface area contributed by atoms with E-state index in [-0.39, 0.29) is 18.4 Å². The maximum atomic E-state index is 12.9. The van der Waals surface area contributed by atoms with Crippen LogP contribution in [0.2, 0.25) is 0 Å². The summed E-state index contributed by atoms with van der Waals surface area (Å²) in [6, 6.07) is -2.36. The number of Topliss-reactive ketones (excluding diaryl/α,β-unsaturated/α-hetero) is 2. The Morgan fingerprint density at radius 1 is 1.02 bits per heavy atom. The van der Waals surface area contributed by atoms with Crippen molar-refractivity contribution in [2.75, 3.05) is 19.7 Å². The quantitative estimate of drug-likeness (QED) is 0.0552. The number of unbranched alkanes of at least 4 members (excludes halogenated alkanes) is 2. The van der Waals surface area contributed by atoms with Crippen LogP contribution in [0.5, 0.6) is 0 Å². The van der Waals surface area contributed by atoms with Crippen molar-refractivity contribution < 1.29 is 39.5 Å². The second kappa shape index (κ2) is 17.6. The number of nitrogens with zero attached hydrogens (tertiary/aromatic N) is 3. The normalized spacial score (nSPS) is 24.8. The minimum atomic E-state index is -1.55. The monoisotopic (exact) mass is 600 g/mol. The van der Waals surface area contributed by atoms with E-state index in [0.29, 0.717) is 50.9 Å². The third-order valence-corrected chi connectivity index (χ3v) is 7.32. The Morgan fingerprint density at radius 2 is 1.71 bits per heavy atom. The number of aliphatic hydroxyl groups excluding tert-OH is 4. The molecule has 1 amide bonds. The zero-order valence-electron chi connectivity index (χ0n) is 24.3. The fraction of sp³-hybridized carbons (Fsp3) is 0.808. The van der Waals surface area contributed by atoms with Crippen molar-refractivity contribution in [3.05, 3.63) is 11.9 Å². The summed E-state index contributed by atoms with van der Waals surface area (Å²) in [4.78, 5) is 37.3. The number of hydrogen-bond acceptors (Lipinski definition) is 14. The van der Waals surface area contributed by atoms with Gasteiger partial charge >= 0.3 is 0 Å². The molecule has 1 aromatic heterocycles. The lowest BCUT2D eigenvalue weighted by atomic mass is 9.94. The van der Waals surface area contributed by atoms with Crippen LogP contribution >= 0.6 is 0 Å². The minimum Gasteiger partial charge on any atom is -0.394 e. The van der Waals surface area contributed by atoms with E-state index in [2.05, 4.69) is 20.9 Å². The molecule has 240 valence electrons. The second-order valence-corrected chi connectivity index (χ2v) is 11.0. The Hall–Kier alpha value is -2.41. The lowest BCUT2D eigenvalue weighted by Crippen LogP contribution is -2.56. The molecule has 3 unspecified atom stereocenters. The van der Waals surface area contributed by atoms with Crippen molar-refractivity contribution in [3.8, 4) is 0 Å². The van der Waals surface area contributed by atoms with Crippen LogP contribution in [-0.4, -0.2) is 115 Å². The largest absolute Gasteiger partial charge is 0.394 e. The van der Waals surface area contributed by atoms with Gasteiger partial charge in [0, 0.05) is 13.1 Å². The van der Waals surface area contributed by atoms with Crippen molar-refractivity contribution in [1.29, 1.82) is 0 Å². The van der Waals surface area contributed by atoms with Gasteiger partial charge in [0.15, 0.2) is 6.23 Å². The molecule has 16 heteroatoms. The van der Waals surface area contributed by atoms with Crippen LogP contribution in [0, 0.1) is 5.92 Å². The summed E-state index contributed by atoms with van der Waals surface area (Å²) in [5.74, 6) is -1.73. The zero-order valence-corrected chi connectivity index (χ0v) is 24.3. The molecule has 0 bridgehead atoms. The first kappa shape index (κ1) is 35.8.